The summed E-state index contributed by atoms with van der Waals surface area (Å²) in [5.74, 6) is 0.854. The van der Waals surface area contributed by atoms with Gasteiger partial charge in [0.1, 0.15) is 5.82 Å². The van der Waals surface area contributed by atoms with E-state index < -0.39 is 0 Å². The number of aryl methyl sites for hydroxylation is 4. The molecule has 0 aliphatic heterocycles. The maximum Gasteiger partial charge on any atom is 0.221 e. The number of hydrogen-bond donors (Lipinski definition) is 1. The second-order valence-electron chi connectivity index (χ2n) is 5.70. The molecule has 1 aromatic carbocycles. The van der Waals surface area contributed by atoms with Crippen LogP contribution in [0.25, 0.3) is 11.4 Å². The Morgan fingerprint density at radius 3 is 2.62 bits per heavy atom. The SMILES string of the molecule is CC(=O)Nc1ccc(-c2nccn2CCc2nc(C)c(C)s2)cc1. The average Bonchev–Trinajstić information content (AvgIpc) is 3.12. The van der Waals surface area contributed by atoms with Crippen molar-refractivity contribution in [2.75, 3.05) is 5.32 Å². The highest BCUT2D eigenvalue weighted by Crippen LogP contribution is 2.22. The van der Waals surface area contributed by atoms with Gasteiger partial charge in [-0.3, -0.25) is 4.79 Å². The van der Waals surface area contributed by atoms with E-state index >= 15 is 0 Å². The van der Waals surface area contributed by atoms with Gasteiger partial charge >= 0.3 is 0 Å². The minimum Gasteiger partial charge on any atom is -0.331 e. The van der Waals surface area contributed by atoms with Gasteiger partial charge in [-0.15, -0.1) is 11.3 Å². The molecule has 6 heteroatoms. The van der Waals surface area contributed by atoms with Crippen molar-refractivity contribution in [3.05, 3.63) is 52.2 Å². The molecule has 24 heavy (non-hydrogen) atoms. The van der Waals surface area contributed by atoms with Gasteiger partial charge in [0.2, 0.25) is 5.91 Å². The molecule has 3 rings (SSSR count). The van der Waals surface area contributed by atoms with Gasteiger partial charge in [-0.25, -0.2) is 9.97 Å². The summed E-state index contributed by atoms with van der Waals surface area (Å²) in [6.45, 7) is 6.50. The maximum absolute atomic E-state index is 11.1. The number of benzene rings is 1. The quantitative estimate of drug-likeness (QED) is 0.768. The first-order chi connectivity index (χ1) is 11.5. The smallest absolute Gasteiger partial charge is 0.221 e. The van der Waals surface area contributed by atoms with Crippen LogP contribution in [0.3, 0.4) is 0 Å². The van der Waals surface area contributed by atoms with Crippen LogP contribution in [-0.2, 0) is 17.8 Å². The van der Waals surface area contributed by atoms with E-state index in [1.807, 2.05) is 36.7 Å². The largest absolute Gasteiger partial charge is 0.331 e. The van der Waals surface area contributed by atoms with Crippen LogP contribution in [0.15, 0.2) is 36.7 Å². The molecule has 0 atom stereocenters. The van der Waals surface area contributed by atoms with Gasteiger partial charge in [-0.2, -0.15) is 0 Å². The van der Waals surface area contributed by atoms with Crippen molar-refractivity contribution in [3.63, 3.8) is 0 Å². The van der Waals surface area contributed by atoms with Crippen LogP contribution in [0.1, 0.15) is 22.5 Å². The van der Waals surface area contributed by atoms with Crippen molar-refractivity contribution in [2.45, 2.75) is 33.7 Å². The summed E-state index contributed by atoms with van der Waals surface area (Å²) in [5.41, 5.74) is 2.94. The molecule has 0 fully saturated rings. The van der Waals surface area contributed by atoms with Crippen molar-refractivity contribution in [3.8, 4) is 11.4 Å². The lowest BCUT2D eigenvalue weighted by atomic mass is 10.2. The Labute approximate surface area is 145 Å². The Morgan fingerprint density at radius 1 is 1.25 bits per heavy atom. The predicted octanol–water partition coefficient (Wildman–Crippen LogP) is 3.82. The number of imidazole rings is 1. The Hall–Kier alpha value is -2.47. The van der Waals surface area contributed by atoms with Crippen molar-refractivity contribution >= 4 is 22.9 Å². The number of anilines is 1. The highest BCUT2D eigenvalue weighted by molar-refractivity contribution is 7.11. The summed E-state index contributed by atoms with van der Waals surface area (Å²) < 4.78 is 2.14. The van der Waals surface area contributed by atoms with Crippen LogP contribution < -0.4 is 5.32 Å². The highest BCUT2D eigenvalue weighted by atomic mass is 32.1. The number of nitrogens with one attached hydrogen (secondary N) is 1. The minimum absolute atomic E-state index is 0.0710. The van der Waals surface area contributed by atoms with E-state index in [0.717, 1.165) is 40.7 Å². The number of thiazole rings is 1. The van der Waals surface area contributed by atoms with Crippen molar-refractivity contribution < 1.29 is 4.79 Å². The summed E-state index contributed by atoms with van der Waals surface area (Å²) in [7, 11) is 0. The van der Waals surface area contributed by atoms with E-state index in [9.17, 15) is 4.79 Å². The van der Waals surface area contributed by atoms with Gasteiger partial charge in [0.25, 0.3) is 0 Å². The zero-order chi connectivity index (χ0) is 17.1. The fourth-order valence-electron chi connectivity index (χ4n) is 2.52. The van der Waals surface area contributed by atoms with E-state index in [1.165, 1.54) is 11.8 Å². The monoisotopic (exact) mass is 340 g/mol. The van der Waals surface area contributed by atoms with Gasteiger partial charge in [-0.1, -0.05) is 0 Å². The van der Waals surface area contributed by atoms with E-state index in [0.29, 0.717) is 0 Å². The molecule has 0 spiro atoms. The molecule has 0 unspecified atom stereocenters. The molecule has 3 aromatic rings. The zero-order valence-corrected chi connectivity index (χ0v) is 14.9. The topological polar surface area (TPSA) is 59.8 Å². The third-order valence-electron chi connectivity index (χ3n) is 3.82. The van der Waals surface area contributed by atoms with E-state index in [-0.39, 0.29) is 5.91 Å². The van der Waals surface area contributed by atoms with Crippen molar-refractivity contribution in [1.82, 2.24) is 14.5 Å². The van der Waals surface area contributed by atoms with Gasteiger partial charge in [-0.05, 0) is 38.1 Å². The molecule has 124 valence electrons. The molecule has 0 aliphatic rings. The van der Waals surface area contributed by atoms with Crippen LogP contribution in [0.5, 0.6) is 0 Å². The summed E-state index contributed by atoms with van der Waals surface area (Å²) >= 11 is 1.76. The first kappa shape index (κ1) is 16.4. The summed E-state index contributed by atoms with van der Waals surface area (Å²) in [6.07, 6.45) is 4.70. The lowest BCUT2D eigenvalue weighted by Gasteiger charge is -2.08. The zero-order valence-electron chi connectivity index (χ0n) is 14.0. The van der Waals surface area contributed by atoms with Gasteiger partial charge in [0.05, 0.1) is 10.7 Å². The molecule has 1 amide bonds. The number of aromatic nitrogens is 3. The fourth-order valence-corrected chi connectivity index (χ4v) is 3.44. The van der Waals surface area contributed by atoms with Crippen molar-refractivity contribution in [1.29, 1.82) is 0 Å². The van der Waals surface area contributed by atoms with Crippen LogP contribution in [0.2, 0.25) is 0 Å². The van der Waals surface area contributed by atoms with Gasteiger partial charge in [0, 0.05) is 48.4 Å². The second kappa shape index (κ2) is 6.97. The lowest BCUT2D eigenvalue weighted by molar-refractivity contribution is -0.114. The lowest BCUT2D eigenvalue weighted by Crippen LogP contribution is -2.05. The van der Waals surface area contributed by atoms with Crippen LogP contribution in [0, 0.1) is 13.8 Å². The number of amides is 1. The van der Waals surface area contributed by atoms with E-state index in [4.69, 9.17) is 0 Å². The van der Waals surface area contributed by atoms with Gasteiger partial charge < -0.3 is 9.88 Å². The molecule has 5 nitrogen and oxygen atoms in total. The third-order valence-corrected chi connectivity index (χ3v) is 4.95. The molecule has 0 aliphatic carbocycles. The second-order valence-corrected chi connectivity index (χ2v) is 6.99. The summed E-state index contributed by atoms with van der Waals surface area (Å²) in [5, 5.41) is 3.93. The number of nitrogens with zero attached hydrogens (tertiary/aromatic N) is 3. The highest BCUT2D eigenvalue weighted by Gasteiger charge is 2.08. The molecule has 2 aromatic heterocycles. The molecule has 0 radical (unpaired) electrons. The number of rotatable bonds is 5. The molecular formula is C18H20N4OS. The van der Waals surface area contributed by atoms with Crippen molar-refractivity contribution in [2.24, 2.45) is 0 Å². The maximum atomic E-state index is 11.1. The van der Waals surface area contributed by atoms with E-state index in [2.05, 4.69) is 33.7 Å². The molecule has 0 saturated heterocycles. The Morgan fingerprint density at radius 2 is 2.00 bits per heavy atom. The van der Waals surface area contributed by atoms with E-state index in [1.54, 1.807) is 11.3 Å². The summed E-state index contributed by atoms with van der Waals surface area (Å²) in [6, 6.07) is 7.73. The molecule has 0 saturated carbocycles. The first-order valence-corrected chi connectivity index (χ1v) is 8.66. The van der Waals surface area contributed by atoms with Crippen LogP contribution >= 0.6 is 11.3 Å². The number of carbonyl (C=O) groups excluding carboxylic acids is 1. The van der Waals surface area contributed by atoms with Gasteiger partial charge in [0.15, 0.2) is 0 Å². The third kappa shape index (κ3) is 3.71. The Kier molecular flexibility index (Phi) is 4.76. The predicted molar refractivity (Wildman–Crippen MR) is 97.3 cm³/mol. The first-order valence-electron chi connectivity index (χ1n) is 7.85. The standard InChI is InChI=1S/C18H20N4OS/c1-12-13(2)24-17(20-12)8-10-22-11-9-19-18(22)15-4-6-16(7-5-15)21-14(3)23/h4-7,9,11H,8,10H2,1-3H3,(H,21,23). The van der Waals surface area contributed by atoms with Crippen LogP contribution in [-0.4, -0.2) is 20.4 Å². The fraction of sp³-hybridized carbons (Fsp3) is 0.278. The Balaban J connectivity index is 1.73. The molecular weight excluding hydrogens is 320 g/mol. The Bertz CT molecular complexity index is 829. The number of carbonyl (C=O) groups is 1. The normalized spacial score (nSPS) is 10.8. The molecule has 2 heterocycles. The molecule has 1 N–H and O–H groups in total. The number of hydrogen-bond acceptors (Lipinski definition) is 4. The summed E-state index contributed by atoms with van der Waals surface area (Å²) in [4.78, 5) is 21.4. The molecule has 0 bridgehead atoms. The van der Waals surface area contributed by atoms with Crippen LogP contribution in [0.4, 0.5) is 5.69 Å². The average molecular weight is 340 g/mol. The minimum atomic E-state index is -0.0710.